The molecule has 0 unspecified atom stereocenters. The molecule has 4 nitrogen and oxygen atoms in total. The van der Waals surface area contributed by atoms with Crippen LogP contribution in [-0.2, 0) is 10.0 Å². The first kappa shape index (κ1) is 14.7. The largest absolute Gasteiger partial charge is 0.276 e. The molecule has 1 heterocycles. The molecule has 20 heavy (non-hydrogen) atoms. The second kappa shape index (κ2) is 5.34. The average Bonchev–Trinajstić information content (AvgIpc) is 2.36. The zero-order valence-electron chi connectivity index (χ0n) is 10.2. The standard InChI is InChI=1S/C12H9ClF2N2O2S/c1-7-4-11(12(13)16-6-7)17-20(18,19)8-2-3-9(14)10(15)5-8/h2-6,17H,1H3. The van der Waals surface area contributed by atoms with Gasteiger partial charge < -0.3 is 0 Å². The highest BCUT2D eigenvalue weighted by atomic mass is 35.5. The van der Waals surface area contributed by atoms with E-state index in [0.29, 0.717) is 11.6 Å². The Bertz CT molecular complexity index is 766. The molecular formula is C12H9ClF2N2O2S. The van der Waals surface area contributed by atoms with Gasteiger partial charge in [0.1, 0.15) is 0 Å². The van der Waals surface area contributed by atoms with Crippen molar-refractivity contribution in [3.63, 3.8) is 0 Å². The Labute approximate surface area is 119 Å². The molecule has 2 aromatic rings. The Morgan fingerprint density at radius 3 is 2.55 bits per heavy atom. The van der Waals surface area contributed by atoms with Crippen LogP contribution in [0.25, 0.3) is 0 Å². The fourth-order valence-electron chi connectivity index (χ4n) is 1.47. The molecule has 1 aromatic carbocycles. The van der Waals surface area contributed by atoms with E-state index in [1.165, 1.54) is 12.3 Å². The van der Waals surface area contributed by atoms with Gasteiger partial charge in [0.15, 0.2) is 16.8 Å². The summed E-state index contributed by atoms with van der Waals surface area (Å²) >= 11 is 5.77. The second-order valence-electron chi connectivity index (χ2n) is 4.03. The van der Waals surface area contributed by atoms with Crippen molar-refractivity contribution < 1.29 is 17.2 Å². The van der Waals surface area contributed by atoms with Gasteiger partial charge in [-0.25, -0.2) is 22.2 Å². The third-order valence-electron chi connectivity index (χ3n) is 2.42. The van der Waals surface area contributed by atoms with Gasteiger partial charge in [-0.3, -0.25) is 4.72 Å². The number of nitrogens with one attached hydrogen (secondary N) is 1. The Morgan fingerprint density at radius 2 is 1.90 bits per heavy atom. The molecule has 0 aliphatic carbocycles. The monoisotopic (exact) mass is 318 g/mol. The van der Waals surface area contributed by atoms with Crippen LogP contribution in [0.15, 0.2) is 35.4 Å². The van der Waals surface area contributed by atoms with E-state index in [1.54, 1.807) is 6.92 Å². The van der Waals surface area contributed by atoms with Gasteiger partial charge in [0.05, 0.1) is 10.6 Å². The van der Waals surface area contributed by atoms with Crippen LogP contribution in [-0.4, -0.2) is 13.4 Å². The van der Waals surface area contributed by atoms with Crippen LogP contribution < -0.4 is 4.72 Å². The smallest absolute Gasteiger partial charge is 0.262 e. The van der Waals surface area contributed by atoms with Gasteiger partial charge in [0.2, 0.25) is 0 Å². The number of rotatable bonds is 3. The topological polar surface area (TPSA) is 59.1 Å². The molecule has 0 bridgehead atoms. The van der Waals surface area contributed by atoms with E-state index in [-0.39, 0.29) is 10.8 Å². The molecule has 106 valence electrons. The van der Waals surface area contributed by atoms with Crippen LogP contribution in [0.2, 0.25) is 5.15 Å². The number of sulfonamides is 1. The highest BCUT2D eigenvalue weighted by Gasteiger charge is 2.18. The van der Waals surface area contributed by atoms with E-state index in [9.17, 15) is 17.2 Å². The minimum atomic E-state index is -4.07. The van der Waals surface area contributed by atoms with Crippen LogP contribution in [0.5, 0.6) is 0 Å². The predicted octanol–water partition coefficient (Wildman–Crippen LogP) is 3.12. The van der Waals surface area contributed by atoms with Gasteiger partial charge in [-0.15, -0.1) is 0 Å². The highest BCUT2D eigenvalue weighted by molar-refractivity contribution is 7.92. The molecule has 0 radical (unpaired) electrons. The maximum Gasteiger partial charge on any atom is 0.262 e. The van der Waals surface area contributed by atoms with E-state index in [2.05, 4.69) is 9.71 Å². The normalized spacial score (nSPS) is 11.4. The summed E-state index contributed by atoms with van der Waals surface area (Å²) in [5.74, 6) is -2.37. The summed E-state index contributed by atoms with van der Waals surface area (Å²) in [5, 5.41) is -0.0400. The first-order valence-corrected chi connectivity index (χ1v) is 7.26. The molecule has 0 saturated heterocycles. The first-order valence-electron chi connectivity index (χ1n) is 5.39. The zero-order chi connectivity index (χ0) is 14.9. The number of nitrogens with zero attached hydrogens (tertiary/aromatic N) is 1. The second-order valence-corrected chi connectivity index (χ2v) is 6.07. The van der Waals surface area contributed by atoms with Crippen LogP contribution in [0.4, 0.5) is 14.5 Å². The number of benzene rings is 1. The lowest BCUT2D eigenvalue weighted by atomic mass is 10.3. The average molecular weight is 319 g/mol. The maximum absolute atomic E-state index is 13.1. The van der Waals surface area contributed by atoms with Crippen molar-refractivity contribution in [2.24, 2.45) is 0 Å². The molecule has 0 atom stereocenters. The van der Waals surface area contributed by atoms with E-state index in [0.717, 1.165) is 12.1 Å². The number of pyridine rings is 1. The van der Waals surface area contributed by atoms with Crippen LogP contribution >= 0.6 is 11.6 Å². The fourth-order valence-corrected chi connectivity index (χ4v) is 2.75. The molecule has 0 aliphatic rings. The van der Waals surface area contributed by atoms with Crippen molar-refractivity contribution in [1.82, 2.24) is 4.98 Å². The Balaban J connectivity index is 2.40. The summed E-state index contributed by atoms with van der Waals surface area (Å²) in [6.07, 6.45) is 1.47. The lowest BCUT2D eigenvalue weighted by Gasteiger charge is -2.10. The summed E-state index contributed by atoms with van der Waals surface area (Å²) < 4.78 is 52.2. The molecule has 2 rings (SSSR count). The van der Waals surface area contributed by atoms with Gasteiger partial charge in [-0.05, 0) is 36.8 Å². The molecule has 0 fully saturated rings. The highest BCUT2D eigenvalue weighted by Crippen LogP contribution is 2.24. The summed E-state index contributed by atoms with van der Waals surface area (Å²) in [5.41, 5.74) is 0.758. The lowest BCUT2D eigenvalue weighted by Crippen LogP contribution is -2.14. The molecule has 0 spiro atoms. The summed E-state index contributed by atoms with van der Waals surface area (Å²) in [7, 11) is -4.07. The van der Waals surface area contributed by atoms with Gasteiger partial charge in [-0.1, -0.05) is 11.6 Å². The van der Waals surface area contributed by atoms with Gasteiger partial charge >= 0.3 is 0 Å². The van der Waals surface area contributed by atoms with Crippen molar-refractivity contribution >= 4 is 27.3 Å². The van der Waals surface area contributed by atoms with Gasteiger partial charge in [0.25, 0.3) is 10.0 Å². The molecule has 1 N–H and O–H groups in total. The summed E-state index contributed by atoms with van der Waals surface area (Å²) in [6, 6.07) is 3.76. The Morgan fingerprint density at radius 1 is 1.20 bits per heavy atom. The number of aromatic nitrogens is 1. The number of aryl methyl sites for hydroxylation is 1. The molecule has 0 saturated carbocycles. The number of anilines is 1. The third kappa shape index (κ3) is 3.05. The third-order valence-corrected chi connectivity index (χ3v) is 4.09. The van der Waals surface area contributed by atoms with Crippen LogP contribution in [0, 0.1) is 18.6 Å². The van der Waals surface area contributed by atoms with Crippen LogP contribution in [0.1, 0.15) is 5.56 Å². The Hall–Kier alpha value is -1.73. The molecule has 0 aliphatic heterocycles. The maximum atomic E-state index is 13.1. The van der Waals surface area contributed by atoms with Crippen molar-refractivity contribution in [1.29, 1.82) is 0 Å². The van der Waals surface area contributed by atoms with E-state index in [4.69, 9.17) is 11.6 Å². The molecule has 1 aromatic heterocycles. The molecular weight excluding hydrogens is 310 g/mol. The SMILES string of the molecule is Cc1cnc(Cl)c(NS(=O)(=O)c2ccc(F)c(F)c2)c1. The quantitative estimate of drug-likeness (QED) is 0.885. The zero-order valence-corrected chi connectivity index (χ0v) is 11.8. The molecule has 0 amide bonds. The minimum absolute atomic E-state index is 0.0400. The van der Waals surface area contributed by atoms with Crippen LogP contribution in [0.3, 0.4) is 0 Å². The van der Waals surface area contributed by atoms with E-state index in [1.807, 2.05) is 0 Å². The number of halogens is 3. The van der Waals surface area contributed by atoms with Crippen molar-refractivity contribution in [2.45, 2.75) is 11.8 Å². The van der Waals surface area contributed by atoms with Gasteiger partial charge in [0, 0.05) is 6.20 Å². The molecule has 8 heteroatoms. The van der Waals surface area contributed by atoms with E-state index >= 15 is 0 Å². The summed E-state index contributed by atoms with van der Waals surface area (Å²) in [4.78, 5) is 3.38. The lowest BCUT2D eigenvalue weighted by molar-refractivity contribution is 0.504. The summed E-state index contributed by atoms with van der Waals surface area (Å²) in [6.45, 7) is 1.71. The van der Waals surface area contributed by atoms with Crippen molar-refractivity contribution in [3.05, 3.63) is 52.8 Å². The van der Waals surface area contributed by atoms with Gasteiger partial charge in [-0.2, -0.15) is 0 Å². The fraction of sp³-hybridized carbons (Fsp3) is 0.0833. The first-order chi connectivity index (χ1) is 9.29. The van der Waals surface area contributed by atoms with Crippen molar-refractivity contribution in [2.75, 3.05) is 4.72 Å². The predicted molar refractivity (Wildman–Crippen MR) is 71.2 cm³/mol. The number of hydrogen-bond acceptors (Lipinski definition) is 3. The minimum Gasteiger partial charge on any atom is -0.276 e. The number of hydrogen-bond donors (Lipinski definition) is 1. The van der Waals surface area contributed by atoms with Crippen molar-refractivity contribution in [3.8, 4) is 0 Å². The van der Waals surface area contributed by atoms with E-state index < -0.39 is 26.6 Å². The Kier molecular flexibility index (Phi) is 3.92.